The van der Waals surface area contributed by atoms with Gasteiger partial charge in [0.2, 0.25) is 0 Å². The summed E-state index contributed by atoms with van der Waals surface area (Å²) in [6, 6.07) is 14.7. The summed E-state index contributed by atoms with van der Waals surface area (Å²) >= 11 is 1.42. The maximum atomic E-state index is 13.1. The van der Waals surface area contributed by atoms with Crippen molar-refractivity contribution < 1.29 is 12.8 Å². The average molecular weight is 364 g/mol. The molecule has 0 radical (unpaired) electrons. The molecule has 0 amide bonds. The normalized spacial score (nSPS) is 16.1. The third-order valence-electron chi connectivity index (χ3n) is 3.72. The smallest absolute Gasteiger partial charge is 0.260 e. The fourth-order valence-electron chi connectivity index (χ4n) is 2.41. The summed E-state index contributed by atoms with van der Waals surface area (Å²) in [6.07, 6.45) is 0. The van der Waals surface area contributed by atoms with Crippen molar-refractivity contribution in [3.8, 4) is 0 Å². The zero-order valence-electron chi connectivity index (χ0n) is 13.1. The van der Waals surface area contributed by atoms with E-state index in [9.17, 15) is 12.8 Å². The van der Waals surface area contributed by atoms with Crippen LogP contribution >= 0.6 is 11.8 Å². The number of halogens is 1. The molecule has 0 saturated carbocycles. The summed E-state index contributed by atoms with van der Waals surface area (Å²) in [5, 5.41) is 0.560. The maximum Gasteiger partial charge on any atom is 0.265 e. The van der Waals surface area contributed by atoms with Gasteiger partial charge in [-0.25, -0.2) is 17.1 Å². The minimum absolute atomic E-state index is 0.0754. The van der Waals surface area contributed by atoms with Gasteiger partial charge in [-0.1, -0.05) is 42.1 Å². The van der Waals surface area contributed by atoms with E-state index in [1.54, 1.807) is 0 Å². The van der Waals surface area contributed by atoms with E-state index in [0.29, 0.717) is 18.3 Å². The van der Waals surface area contributed by atoms with Crippen LogP contribution in [0.5, 0.6) is 0 Å². The highest BCUT2D eigenvalue weighted by Crippen LogP contribution is 2.33. The summed E-state index contributed by atoms with van der Waals surface area (Å²) in [6.45, 7) is 2.76. The van der Waals surface area contributed by atoms with Crippen LogP contribution in [0.2, 0.25) is 0 Å². The number of sulfonamides is 1. The van der Waals surface area contributed by atoms with E-state index in [0.717, 1.165) is 17.7 Å². The predicted octanol–water partition coefficient (Wildman–Crippen LogP) is 3.68. The lowest BCUT2D eigenvalue weighted by molar-refractivity contribution is 0.539. The van der Waals surface area contributed by atoms with E-state index < -0.39 is 15.8 Å². The second-order valence-electron chi connectivity index (χ2n) is 5.37. The summed E-state index contributed by atoms with van der Waals surface area (Å²) in [5.41, 5.74) is 1.11. The molecule has 3 rings (SSSR count). The molecule has 0 fully saturated rings. The second-order valence-corrected chi connectivity index (χ2v) is 8.54. The minimum Gasteiger partial charge on any atom is -0.260 e. The molecule has 0 aromatic heterocycles. The van der Waals surface area contributed by atoms with Crippen molar-refractivity contribution in [2.24, 2.45) is 4.99 Å². The molecule has 0 saturated heterocycles. The molecule has 4 nitrogen and oxygen atoms in total. The van der Waals surface area contributed by atoms with Gasteiger partial charge >= 0.3 is 0 Å². The fraction of sp³-hybridized carbons (Fsp3) is 0.235. The first-order valence-corrected chi connectivity index (χ1v) is 9.85. The highest BCUT2D eigenvalue weighted by atomic mass is 32.2. The summed E-state index contributed by atoms with van der Waals surface area (Å²) < 4.78 is 39.9. The monoisotopic (exact) mass is 364 g/mol. The Hall–Kier alpha value is -1.86. The van der Waals surface area contributed by atoms with Gasteiger partial charge in [-0.3, -0.25) is 4.99 Å². The first-order chi connectivity index (χ1) is 11.5. The van der Waals surface area contributed by atoms with Crippen LogP contribution in [0.3, 0.4) is 0 Å². The molecule has 7 heteroatoms. The Morgan fingerprint density at radius 1 is 1.12 bits per heavy atom. The largest absolute Gasteiger partial charge is 0.265 e. The van der Waals surface area contributed by atoms with Gasteiger partial charge in [0.05, 0.1) is 18.0 Å². The Balaban J connectivity index is 1.81. The van der Waals surface area contributed by atoms with E-state index in [4.69, 9.17) is 0 Å². The molecule has 0 unspecified atom stereocenters. The highest BCUT2D eigenvalue weighted by molar-refractivity contribution is 8.15. The fourth-order valence-corrected chi connectivity index (χ4v) is 5.14. The van der Waals surface area contributed by atoms with E-state index in [1.165, 1.54) is 28.2 Å². The van der Waals surface area contributed by atoms with E-state index in [2.05, 4.69) is 4.99 Å². The third kappa shape index (κ3) is 3.47. The minimum atomic E-state index is -3.72. The van der Waals surface area contributed by atoms with Gasteiger partial charge in [-0.15, -0.1) is 0 Å². The van der Waals surface area contributed by atoms with Crippen molar-refractivity contribution in [1.82, 2.24) is 4.31 Å². The van der Waals surface area contributed by atoms with Crippen molar-refractivity contribution in [2.75, 3.05) is 13.1 Å². The Kier molecular flexibility index (Phi) is 4.91. The number of rotatable bonds is 4. The van der Waals surface area contributed by atoms with Crippen molar-refractivity contribution >= 4 is 27.0 Å². The van der Waals surface area contributed by atoms with E-state index >= 15 is 0 Å². The average Bonchev–Trinajstić information content (AvgIpc) is 3.05. The van der Waals surface area contributed by atoms with Gasteiger partial charge in [-0.05, 0) is 36.8 Å². The number of hydrogen-bond acceptors (Lipinski definition) is 4. The van der Waals surface area contributed by atoms with Crippen LogP contribution < -0.4 is 0 Å². The van der Waals surface area contributed by atoms with Crippen LogP contribution in [0.15, 0.2) is 64.5 Å². The summed E-state index contributed by atoms with van der Waals surface area (Å²) in [5.74, 6) is -0.462. The van der Waals surface area contributed by atoms with Gasteiger partial charge in [0.15, 0.2) is 5.17 Å². The first kappa shape index (κ1) is 17.0. The van der Waals surface area contributed by atoms with Crippen molar-refractivity contribution in [3.63, 3.8) is 0 Å². The zero-order valence-corrected chi connectivity index (χ0v) is 14.7. The molecule has 126 valence electrons. The Morgan fingerprint density at radius 2 is 1.79 bits per heavy atom. The molecule has 1 aliphatic heterocycles. The number of nitrogens with zero attached hydrogens (tertiary/aromatic N) is 2. The van der Waals surface area contributed by atoms with Gasteiger partial charge in [0.25, 0.3) is 10.0 Å². The van der Waals surface area contributed by atoms with Crippen molar-refractivity contribution in [2.45, 2.75) is 17.1 Å². The predicted molar refractivity (Wildman–Crippen MR) is 95.0 cm³/mol. The van der Waals surface area contributed by atoms with Gasteiger partial charge in [-0.2, -0.15) is 0 Å². The lowest BCUT2D eigenvalue weighted by Gasteiger charge is -2.22. The second kappa shape index (κ2) is 6.94. The van der Waals surface area contributed by atoms with Crippen LogP contribution in [0.1, 0.15) is 17.7 Å². The standard InChI is InChI=1S/C17H17FN2O2S2/c1-13(14-5-3-2-4-6-14)23-17-19-11-12-20(17)24(21,22)16-9-7-15(18)8-10-16/h2-10,13H,11-12H2,1H3/t13-/m1/s1. The summed E-state index contributed by atoms with van der Waals surface area (Å²) in [7, 11) is -3.72. The van der Waals surface area contributed by atoms with E-state index in [-0.39, 0.29) is 10.1 Å². The van der Waals surface area contributed by atoms with Crippen molar-refractivity contribution in [1.29, 1.82) is 0 Å². The maximum absolute atomic E-state index is 13.1. The molecule has 0 aliphatic carbocycles. The zero-order chi connectivity index (χ0) is 17.2. The Labute approximate surface area is 145 Å². The van der Waals surface area contributed by atoms with Crippen LogP contribution in [-0.4, -0.2) is 31.0 Å². The lowest BCUT2D eigenvalue weighted by atomic mass is 10.2. The van der Waals surface area contributed by atoms with Crippen LogP contribution in [0.4, 0.5) is 4.39 Å². The molecular weight excluding hydrogens is 347 g/mol. The number of aliphatic imine (C=N–C) groups is 1. The van der Waals surface area contributed by atoms with Crippen LogP contribution in [0, 0.1) is 5.82 Å². The molecule has 0 N–H and O–H groups in total. The Bertz CT molecular complexity index is 837. The highest BCUT2D eigenvalue weighted by Gasteiger charge is 2.32. The third-order valence-corrected chi connectivity index (χ3v) is 6.82. The molecule has 1 atom stereocenters. The SMILES string of the molecule is C[C@@H](SC1=NCCN1S(=O)(=O)c1ccc(F)cc1)c1ccccc1. The molecule has 2 aromatic rings. The van der Waals surface area contributed by atoms with E-state index in [1.807, 2.05) is 37.3 Å². The number of benzene rings is 2. The molecule has 2 aromatic carbocycles. The van der Waals surface area contributed by atoms with Crippen LogP contribution in [0.25, 0.3) is 0 Å². The van der Waals surface area contributed by atoms with Crippen molar-refractivity contribution in [3.05, 3.63) is 66.0 Å². The van der Waals surface area contributed by atoms with Crippen LogP contribution in [-0.2, 0) is 10.0 Å². The molecule has 0 bridgehead atoms. The Morgan fingerprint density at radius 3 is 2.46 bits per heavy atom. The number of hydrogen-bond donors (Lipinski definition) is 0. The first-order valence-electron chi connectivity index (χ1n) is 7.53. The molecule has 1 aliphatic rings. The topological polar surface area (TPSA) is 49.7 Å². The number of thioether (sulfide) groups is 1. The lowest BCUT2D eigenvalue weighted by Crippen LogP contribution is -2.33. The van der Waals surface area contributed by atoms with Gasteiger partial charge < -0.3 is 0 Å². The quantitative estimate of drug-likeness (QED) is 0.831. The van der Waals surface area contributed by atoms with Gasteiger partial charge in [0.1, 0.15) is 5.82 Å². The molecule has 1 heterocycles. The summed E-state index contributed by atoms with van der Waals surface area (Å²) in [4.78, 5) is 4.42. The van der Waals surface area contributed by atoms with Gasteiger partial charge in [0, 0.05) is 5.25 Å². The molecule has 0 spiro atoms. The molecular formula is C17H17FN2O2S2. The number of amidine groups is 1. The molecule has 24 heavy (non-hydrogen) atoms.